The molecule has 1 aromatic heterocycles. The molecule has 1 atom stereocenters. The van der Waals surface area contributed by atoms with Gasteiger partial charge >= 0.3 is 0 Å². The van der Waals surface area contributed by atoms with Crippen molar-refractivity contribution >= 4 is 11.8 Å². The van der Waals surface area contributed by atoms with Crippen LogP contribution in [-0.4, -0.2) is 26.6 Å². The molecule has 1 aliphatic carbocycles. The molecule has 2 N–H and O–H groups in total. The maximum Gasteiger partial charge on any atom is 0.190 e. The molecule has 1 fully saturated rings. The summed E-state index contributed by atoms with van der Waals surface area (Å²) in [5.41, 5.74) is 6.27. The van der Waals surface area contributed by atoms with Crippen molar-refractivity contribution in [1.29, 1.82) is 0 Å². The zero-order valence-electron chi connectivity index (χ0n) is 10.7. The van der Waals surface area contributed by atoms with Crippen LogP contribution in [0, 0.1) is 12.8 Å². The highest BCUT2D eigenvalue weighted by Gasteiger charge is 2.21. The summed E-state index contributed by atoms with van der Waals surface area (Å²) in [6, 6.07) is 0.303. The highest BCUT2D eigenvalue weighted by molar-refractivity contribution is 7.99. The van der Waals surface area contributed by atoms with Crippen LogP contribution in [0.3, 0.4) is 0 Å². The molecule has 1 unspecified atom stereocenters. The lowest BCUT2D eigenvalue weighted by molar-refractivity contribution is 0.319. The zero-order valence-corrected chi connectivity index (χ0v) is 11.5. The van der Waals surface area contributed by atoms with Gasteiger partial charge in [-0.1, -0.05) is 31.0 Å². The Balaban J connectivity index is 1.83. The Morgan fingerprint density at radius 3 is 2.65 bits per heavy atom. The van der Waals surface area contributed by atoms with E-state index in [0.29, 0.717) is 12.0 Å². The first-order chi connectivity index (χ1) is 8.18. The molecule has 0 radical (unpaired) electrons. The second-order valence-electron chi connectivity index (χ2n) is 4.96. The van der Waals surface area contributed by atoms with Crippen molar-refractivity contribution in [1.82, 2.24) is 14.8 Å². The van der Waals surface area contributed by atoms with Crippen molar-refractivity contribution in [2.45, 2.75) is 50.2 Å². The predicted octanol–water partition coefficient (Wildman–Crippen LogP) is 2.12. The largest absolute Gasteiger partial charge is 0.327 e. The van der Waals surface area contributed by atoms with Crippen LogP contribution in [-0.2, 0) is 7.05 Å². The Labute approximate surface area is 107 Å². The molecule has 1 aliphatic rings. The molecule has 2 rings (SSSR count). The lowest BCUT2D eigenvalue weighted by Crippen LogP contribution is -2.33. The third kappa shape index (κ3) is 3.22. The molecule has 96 valence electrons. The zero-order chi connectivity index (χ0) is 12.3. The molecule has 0 spiro atoms. The van der Waals surface area contributed by atoms with Crippen LogP contribution >= 0.6 is 11.8 Å². The number of thioether (sulfide) groups is 1. The molecule has 0 amide bonds. The van der Waals surface area contributed by atoms with Gasteiger partial charge in [-0.25, -0.2) is 0 Å². The highest BCUT2D eigenvalue weighted by Crippen LogP contribution is 2.28. The van der Waals surface area contributed by atoms with E-state index in [1.54, 1.807) is 11.8 Å². The van der Waals surface area contributed by atoms with E-state index in [1.807, 2.05) is 18.5 Å². The van der Waals surface area contributed by atoms with Crippen LogP contribution in [0.25, 0.3) is 0 Å². The fourth-order valence-electron chi connectivity index (χ4n) is 2.38. The van der Waals surface area contributed by atoms with Gasteiger partial charge in [-0.15, -0.1) is 10.2 Å². The molecule has 17 heavy (non-hydrogen) atoms. The number of nitrogens with two attached hydrogens (primary N) is 1. The Morgan fingerprint density at radius 2 is 2.06 bits per heavy atom. The fourth-order valence-corrected chi connectivity index (χ4v) is 3.42. The quantitative estimate of drug-likeness (QED) is 0.836. The summed E-state index contributed by atoms with van der Waals surface area (Å²) in [5, 5.41) is 9.19. The van der Waals surface area contributed by atoms with Gasteiger partial charge < -0.3 is 10.3 Å². The highest BCUT2D eigenvalue weighted by atomic mass is 32.2. The molecule has 1 aromatic rings. The van der Waals surface area contributed by atoms with E-state index in [4.69, 9.17) is 5.73 Å². The van der Waals surface area contributed by atoms with E-state index in [1.165, 1.54) is 32.1 Å². The minimum Gasteiger partial charge on any atom is -0.327 e. The smallest absolute Gasteiger partial charge is 0.190 e. The number of aromatic nitrogens is 3. The topological polar surface area (TPSA) is 56.7 Å². The SMILES string of the molecule is Cc1nnc(SCC(N)C2CCCCC2)n1C. The molecule has 1 heterocycles. The molecule has 0 aliphatic heterocycles. The molecule has 0 bridgehead atoms. The summed E-state index contributed by atoms with van der Waals surface area (Å²) in [5.74, 6) is 2.63. The van der Waals surface area contributed by atoms with Crippen LogP contribution in [0.1, 0.15) is 37.9 Å². The minimum atomic E-state index is 0.303. The molecule has 1 saturated carbocycles. The maximum atomic E-state index is 6.27. The van der Waals surface area contributed by atoms with Gasteiger partial charge in [0, 0.05) is 18.8 Å². The molecular formula is C12H22N4S. The van der Waals surface area contributed by atoms with Crippen molar-refractivity contribution in [3.63, 3.8) is 0 Å². The van der Waals surface area contributed by atoms with E-state index in [2.05, 4.69) is 10.2 Å². The molecule has 5 heteroatoms. The number of aryl methyl sites for hydroxylation is 1. The summed E-state index contributed by atoms with van der Waals surface area (Å²) >= 11 is 1.73. The van der Waals surface area contributed by atoms with Gasteiger partial charge in [0.05, 0.1) is 0 Å². The summed E-state index contributed by atoms with van der Waals surface area (Å²) < 4.78 is 2.03. The first-order valence-corrected chi connectivity index (χ1v) is 7.41. The van der Waals surface area contributed by atoms with E-state index < -0.39 is 0 Å². The Bertz CT molecular complexity index is 357. The van der Waals surface area contributed by atoms with Crippen molar-refractivity contribution in [3.05, 3.63) is 5.82 Å². The van der Waals surface area contributed by atoms with E-state index in [9.17, 15) is 0 Å². The fraction of sp³-hybridized carbons (Fsp3) is 0.833. The van der Waals surface area contributed by atoms with Gasteiger partial charge in [0.15, 0.2) is 5.16 Å². The van der Waals surface area contributed by atoms with E-state index in [0.717, 1.165) is 16.7 Å². The van der Waals surface area contributed by atoms with Crippen LogP contribution < -0.4 is 5.73 Å². The van der Waals surface area contributed by atoms with Crippen LogP contribution in [0.4, 0.5) is 0 Å². The summed E-state index contributed by atoms with van der Waals surface area (Å²) in [6.07, 6.45) is 6.70. The average molecular weight is 254 g/mol. The molecular weight excluding hydrogens is 232 g/mol. The second-order valence-corrected chi connectivity index (χ2v) is 5.95. The van der Waals surface area contributed by atoms with Crippen molar-refractivity contribution in [3.8, 4) is 0 Å². The normalized spacial score (nSPS) is 19.5. The Morgan fingerprint density at radius 1 is 1.35 bits per heavy atom. The van der Waals surface area contributed by atoms with E-state index >= 15 is 0 Å². The van der Waals surface area contributed by atoms with Gasteiger partial charge in [0.25, 0.3) is 0 Å². The standard InChI is InChI=1S/C12H22N4S/c1-9-14-15-12(16(9)2)17-8-11(13)10-6-4-3-5-7-10/h10-11H,3-8,13H2,1-2H3. The number of nitrogens with zero attached hydrogens (tertiary/aromatic N) is 3. The van der Waals surface area contributed by atoms with Crippen LogP contribution in [0.15, 0.2) is 5.16 Å². The van der Waals surface area contributed by atoms with Gasteiger partial charge in [-0.05, 0) is 25.7 Å². The van der Waals surface area contributed by atoms with Crippen LogP contribution in [0.2, 0.25) is 0 Å². The maximum absolute atomic E-state index is 6.27. The second kappa shape index (κ2) is 5.87. The first kappa shape index (κ1) is 12.9. The monoisotopic (exact) mass is 254 g/mol. The van der Waals surface area contributed by atoms with Gasteiger partial charge in [0.1, 0.15) is 5.82 Å². The lowest BCUT2D eigenvalue weighted by Gasteiger charge is -2.27. The van der Waals surface area contributed by atoms with Gasteiger partial charge in [-0.3, -0.25) is 0 Å². The summed E-state index contributed by atoms with van der Waals surface area (Å²) in [4.78, 5) is 0. The van der Waals surface area contributed by atoms with Gasteiger partial charge in [0.2, 0.25) is 0 Å². The number of rotatable bonds is 4. The average Bonchev–Trinajstić information content (AvgIpc) is 2.68. The molecule has 0 saturated heterocycles. The summed E-state index contributed by atoms with van der Waals surface area (Å²) in [6.45, 7) is 1.97. The lowest BCUT2D eigenvalue weighted by atomic mass is 9.85. The third-order valence-electron chi connectivity index (χ3n) is 3.71. The number of hydrogen-bond acceptors (Lipinski definition) is 4. The third-order valence-corrected chi connectivity index (χ3v) is 4.88. The summed E-state index contributed by atoms with van der Waals surface area (Å²) in [7, 11) is 2.00. The predicted molar refractivity (Wildman–Crippen MR) is 71.0 cm³/mol. The molecule has 4 nitrogen and oxygen atoms in total. The first-order valence-electron chi connectivity index (χ1n) is 6.43. The van der Waals surface area contributed by atoms with Crippen LogP contribution in [0.5, 0.6) is 0 Å². The Hall–Kier alpha value is -0.550. The minimum absolute atomic E-state index is 0.303. The van der Waals surface area contributed by atoms with Crippen molar-refractivity contribution < 1.29 is 0 Å². The van der Waals surface area contributed by atoms with Crippen molar-refractivity contribution in [2.75, 3.05) is 5.75 Å². The Kier molecular flexibility index (Phi) is 4.45. The number of hydrogen-bond donors (Lipinski definition) is 1. The van der Waals surface area contributed by atoms with E-state index in [-0.39, 0.29) is 0 Å². The van der Waals surface area contributed by atoms with Gasteiger partial charge in [-0.2, -0.15) is 0 Å². The van der Waals surface area contributed by atoms with Crippen molar-refractivity contribution in [2.24, 2.45) is 18.7 Å². The molecule has 0 aromatic carbocycles.